The molecule has 1 amide bonds. The van der Waals surface area contributed by atoms with Gasteiger partial charge < -0.3 is 9.47 Å². The Hall–Kier alpha value is -2.38. The van der Waals surface area contributed by atoms with E-state index in [-0.39, 0.29) is 5.91 Å². The first-order valence-corrected chi connectivity index (χ1v) is 12.2. The molecule has 1 atom stereocenters. The van der Waals surface area contributed by atoms with Crippen LogP contribution in [0.25, 0.3) is 21.3 Å². The summed E-state index contributed by atoms with van der Waals surface area (Å²) < 4.78 is 3.41. The quantitative estimate of drug-likeness (QED) is 0.405. The lowest BCUT2D eigenvalue weighted by Crippen LogP contribution is -2.40. The van der Waals surface area contributed by atoms with Gasteiger partial charge in [0.25, 0.3) is 0 Å². The lowest BCUT2D eigenvalue weighted by Gasteiger charge is -2.31. The van der Waals surface area contributed by atoms with Crippen LogP contribution >= 0.6 is 23.1 Å². The zero-order valence-electron chi connectivity index (χ0n) is 17.0. The minimum atomic E-state index is 0.195. The standard InChI is InChI=1S/C23H24N4OS2/c1-2-27-19-11-5-3-9-17(19)25-23(27)29-15-21(28)26-13-7-8-16(14-26)22-24-18-10-4-6-12-20(18)30-22/h3-6,9-12,16H,2,7-8,13-15H2,1H3. The average Bonchev–Trinajstić information content (AvgIpc) is 3.38. The highest BCUT2D eigenvalue weighted by atomic mass is 32.2. The van der Waals surface area contributed by atoms with Gasteiger partial charge >= 0.3 is 0 Å². The Bertz CT molecular complexity index is 1170. The van der Waals surface area contributed by atoms with Crippen LogP contribution in [0.2, 0.25) is 0 Å². The first-order chi connectivity index (χ1) is 14.7. The maximum Gasteiger partial charge on any atom is 0.233 e. The van der Waals surface area contributed by atoms with Gasteiger partial charge in [-0.15, -0.1) is 11.3 Å². The van der Waals surface area contributed by atoms with Crippen molar-refractivity contribution < 1.29 is 4.79 Å². The van der Waals surface area contributed by atoms with Gasteiger partial charge in [0.1, 0.15) is 0 Å². The molecule has 1 aliphatic rings. The van der Waals surface area contributed by atoms with E-state index >= 15 is 0 Å². The second kappa shape index (κ2) is 8.40. The smallest absolute Gasteiger partial charge is 0.233 e. The maximum atomic E-state index is 13.0. The second-order valence-electron chi connectivity index (χ2n) is 7.61. The van der Waals surface area contributed by atoms with E-state index in [1.807, 2.05) is 29.2 Å². The zero-order valence-corrected chi connectivity index (χ0v) is 18.6. The Morgan fingerprint density at radius 3 is 2.77 bits per heavy atom. The largest absolute Gasteiger partial charge is 0.341 e. The summed E-state index contributed by atoms with van der Waals surface area (Å²) in [6.45, 7) is 4.57. The number of amides is 1. The third-order valence-electron chi connectivity index (χ3n) is 5.69. The molecule has 1 unspecified atom stereocenters. The van der Waals surface area contributed by atoms with E-state index < -0.39 is 0 Å². The number of para-hydroxylation sites is 3. The molecule has 5 rings (SSSR count). The van der Waals surface area contributed by atoms with Crippen molar-refractivity contribution in [3.05, 3.63) is 53.5 Å². The molecule has 3 heterocycles. The minimum absolute atomic E-state index is 0.195. The highest BCUT2D eigenvalue weighted by molar-refractivity contribution is 7.99. The van der Waals surface area contributed by atoms with Crippen molar-refractivity contribution in [3.63, 3.8) is 0 Å². The number of nitrogens with zero attached hydrogens (tertiary/aromatic N) is 4. The van der Waals surface area contributed by atoms with Gasteiger partial charge in [0.15, 0.2) is 5.16 Å². The van der Waals surface area contributed by atoms with Gasteiger partial charge in [-0.25, -0.2) is 9.97 Å². The number of carbonyl (C=O) groups is 1. The summed E-state index contributed by atoms with van der Waals surface area (Å²) in [7, 11) is 0. The fourth-order valence-electron chi connectivity index (χ4n) is 4.16. The molecule has 0 N–H and O–H groups in total. The van der Waals surface area contributed by atoms with E-state index in [4.69, 9.17) is 9.97 Å². The van der Waals surface area contributed by atoms with Gasteiger partial charge in [0, 0.05) is 25.6 Å². The van der Waals surface area contributed by atoms with Crippen LogP contribution in [0.3, 0.4) is 0 Å². The Balaban J connectivity index is 1.27. The average molecular weight is 437 g/mol. The van der Waals surface area contributed by atoms with Crippen molar-refractivity contribution in [3.8, 4) is 0 Å². The monoisotopic (exact) mass is 436 g/mol. The van der Waals surface area contributed by atoms with Gasteiger partial charge in [-0.1, -0.05) is 36.0 Å². The third kappa shape index (κ3) is 3.72. The number of piperidine rings is 1. The SMILES string of the molecule is CCn1c(SCC(=O)N2CCCC(c3nc4ccccc4s3)C2)nc2ccccc21. The number of aromatic nitrogens is 3. The molecule has 1 aliphatic heterocycles. The number of hydrogen-bond acceptors (Lipinski definition) is 5. The fraction of sp³-hybridized carbons (Fsp3) is 0.348. The number of carbonyl (C=O) groups excluding carboxylic acids is 1. The molecule has 1 fully saturated rings. The van der Waals surface area contributed by atoms with E-state index in [1.54, 1.807) is 23.1 Å². The van der Waals surface area contributed by atoms with Gasteiger partial charge in [-0.05, 0) is 44.0 Å². The van der Waals surface area contributed by atoms with Crippen molar-refractivity contribution >= 4 is 50.3 Å². The Kier molecular flexibility index (Phi) is 5.48. The summed E-state index contributed by atoms with van der Waals surface area (Å²) in [5.41, 5.74) is 3.18. The maximum absolute atomic E-state index is 13.0. The lowest BCUT2D eigenvalue weighted by molar-refractivity contribution is -0.129. The van der Waals surface area contributed by atoms with E-state index in [2.05, 4.69) is 35.8 Å². The molecule has 0 spiro atoms. The van der Waals surface area contributed by atoms with Gasteiger partial charge in [0.05, 0.1) is 32.0 Å². The third-order valence-corrected chi connectivity index (χ3v) is 7.85. The molecular weight excluding hydrogens is 412 g/mol. The van der Waals surface area contributed by atoms with Crippen molar-refractivity contribution in [1.29, 1.82) is 0 Å². The number of fused-ring (bicyclic) bond motifs is 2. The molecule has 0 aliphatic carbocycles. The van der Waals surface area contributed by atoms with Crippen LogP contribution in [0, 0.1) is 0 Å². The number of aryl methyl sites for hydroxylation is 1. The molecule has 2 aromatic carbocycles. The molecular formula is C23H24N4OS2. The lowest BCUT2D eigenvalue weighted by atomic mass is 9.99. The molecule has 30 heavy (non-hydrogen) atoms. The van der Waals surface area contributed by atoms with Crippen LogP contribution in [-0.4, -0.2) is 44.2 Å². The van der Waals surface area contributed by atoms with Crippen LogP contribution in [0.15, 0.2) is 53.7 Å². The summed E-state index contributed by atoms with van der Waals surface area (Å²) in [4.78, 5) is 24.6. The highest BCUT2D eigenvalue weighted by Crippen LogP contribution is 2.33. The highest BCUT2D eigenvalue weighted by Gasteiger charge is 2.27. The van der Waals surface area contributed by atoms with Crippen LogP contribution < -0.4 is 0 Å². The van der Waals surface area contributed by atoms with E-state index in [0.29, 0.717) is 11.7 Å². The number of benzene rings is 2. The van der Waals surface area contributed by atoms with Gasteiger partial charge in [-0.2, -0.15) is 0 Å². The zero-order chi connectivity index (χ0) is 20.5. The first-order valence-electron chi connectivity index (χ1n) is 10.4. The Morgan fingerprint density at radius 1 is 1.13 bits per heavy atom. The fourth-order valence-corrected chi connectivity index (χ4v) is 6.23. The predicted molar refractivity (Wildman–Crippen MR) is 124 cm³/mol. The predicted octanol–water partition coefficient (Wildman–Crippen LogP) is 5.16. The molecule has 0 radical (unpaired) electrons. The molecule has 1 saturated heterocycles. The van der Waals surface area contributed by atoms with E-state index in [1.165, 1.54) is 4.70 Å². The number of thiazole rings is 1. The van der Waals surface area contributed by atoms with Crippen molar-refractivity contribution in [2.45, 2.75) is 37.4 Å². The summed E-state index contributed by atoms with van der Waals surface area (Å²) in [5, 5.41) is 2.08. The van der Waals surface area contributed by atoms with Crippen LogP contribution in [-0.2, 0) is 11.3 Å². The summed E-state index contributed by atoms with van der Waals surface area (Å²) in [6.07, 6.45) is 2.13. The van der Waals surface area contributed by atoms with Crippen molar-refractivity contribution in [1.82, 2.24) is 19.4 Å². The van der Waals surface area contributed by atoms with Crippen LogP contribution in [0.5, 0.6) is 0 Å². The normalized spacial score (nSPS) is 17.1. The summed E-state index contributed by atoms with van der Waals surface area (Å²) >= 11 is 3.32. The number of likely N-dealkylation sites (tertiary alicyclic amines) is 1. The van der Waals surface area contributed by atoms with Crippen LogP contribution in [0.4, 0.5) is 0 Å². The van der Waals surface area contributed by atoms with Crippen molar-refractivity contribution in [2.24, 2.45) is 0 Å². The number of rotatable bonds is 5. The Labute approximate surface area is 184 Å². The molecule has 154 valence electrons. The summed E-state index contributed by atoms with van der Waals surface area (Å²) in [5.74, 6) is 0.960. The van der Waals surface area contributed by atoms with Crippen LogP contribution in [0.1, 0.15) is 30.7 Å². The van der Waals surface area contributed by atoms with Gasteiger partial charge in [-0.3, -0.25) is 4.79 Å². The number of hydrogen-bond donors (Lipinski definition) is 0. The molecule has 0 saturated carbocycles. The van der Waals surface area contributed by atoms with Crippen molar-refractivity contribution in [2.75, 3.05) is 18.8 Å². The van der Waals surface area contributed by atoms with Gasteiger partial charge in [0.2, 0.25) is 5.91 Å². The first kappa shape index (κ1) is 19.6. The summed E-state index contributed by atoms with van der Waals surface area (Å²) in [6, 6.07) is 16.4. The minimum Gasteiger partial charge on any atom is -0.341 e. The molecule has 2 aromatic heterocycles. The molecule has 7 heteroatoms. The molecule has 5 nitrogen and oxygen atoms in total. The Morgan fingerprint density at radius 2 is 1.93 bits per heavy atom. The topological polar surface area (TPSA) is 51.0 Å². The molecule has 0 bridgehead atoms. The number of imidazole rings is 1. The second-order valence-corrected chi connectivity index (χ2v) is 9.62. The number of thioether (sulfide) groups is 1. The van der Waals surface area contributed by atoms with E-state index in [0.717, 1.165) is 59.2 Å². The van der Waals surface area contributed by atoms with E-state index in [9.17, 15) is 4.79 Å². The molecule has 4 aromatic rings.